The van der Waals surface area contributed by atoms with E-state index in [0.29, 0.717) is 53.1 Å². The number of hydrogen-bond donors (Lipinski definition) is 0. The first-order chi connectivity index (χ1) is 13.8. The fourth-order valence-electron chi connectivity index (χ4n) is 10.2. The Balaban J connectivity index is 1.30. The summed E-state index contributed by atoms with van der Waals surface area (Å²) in [7, 11) is 0. The van der Waals surface area contributed by atoms with Crippen LogP contribution in [0.2, 0.25) is 0 Å². The van der Waals surface area contributed by atoms with E-state index >= 15 is 0 Å². The SMILES string of the molecule is C[C@@]12C(=CC(=O)[C@@H]3C[C@@H]31)C1(CC1)CC1C2C=C[C@@]2(C)C1[C@@H]1C[C@@H]1[C@@]21CCC(=O)O1. The summed E-state index contributed by atoms with van der Waals surface area (Å²) in [4.78, 5) is 24.9. The standard InChI is InChI=1S/C26H30O3/c1-23-5-3-16-15(22(23)14-10-18(14)26(23)6-4-21(28)29-26)12-25(7-8-25)20-11-19(27)13-9-17(13)24(16,20)2/h3,5,11,13-18,22H,4,6-10,12H2,1-2H3/t13-,14-,15?,16?,17+,18+,22?,23+,24+,26+/m1/s1. The molecule has 0 radical (unpaired) electrons. The summed E-state index contributed by atoms with van der Waals surface area (Å²) >= 11 is 0. The zero-order chi connectivity index (χ0) is 19.6. The van der Waals surface area contributed by atoms with Crippen LogP contribution in [0.15, 0.2) is 23.8 Å². The number of fused-ring (bicyclic) bond motifs is 12. The number of rotatable bonds is 0. The first-order valence-electron chi connectivity index (χ1n) is 12.0. The van der Waals surface area contributed by atoms with Crippen LogP contribution in [-0.4, -0.2) is 17.4 Å². The van der Waals surface area contributed by atoms with Crippen molar-refractivity contribution in [2.24, 2.45) is 57.7 Å². The summed E-state index contributed by atoms with van der Waals surface area (Å²) in [6.45, 7) is 4.94. The summed E-state index contributed by atoms with van der Waals surface area (Å²) in [5.41, 5.74) is 1.82. The Bertz CT molecular complexity index is 970. The molecule has 3 unspecified atom stereocenters. The second-order valence-corrected chi connectivity index (χ2v) is 12.4. The molecule has 10 atom stereocenters. The second-order valence-electron chi connectivity index (χ2n) is 12.4. The highest BCUT2D eigenvalue weighted by Crippen LogP contribution is 2.82. The Morgan fingerprint density at radius 3 is 2.59 bits per heavy atom. The summed E-state index contributed by atoms with van der Waals surface area (Å²) in [6, 6.07) is 0. The van der Waals surface area contributed by atoms with Gasteiger partial charge in [0.15, 0.2) is 5.78 Å². The Hall–Kier alpha value is -1.38. The third-order valence-electron chi connectivity index (χ3n) is 11.6. The van der Waals surface area contributed by atoms with Crippen LogP contribution in [0.5, 0.6) is 0 Å². The maximum Gasteiger partial charge on any atom is 0.306 e. The lowest BCUT2D eigenvalue weighted by Gasteiger charge is -2.59. The van der Waals surface area contributed by atoms with Gasteiger partial charge in [-0.2, -0.15) is 0 Å². The lowest BCUT2D eigenvalue weighted by Crippen LogP contribution is -2.56. The number of esters is 1. The Morgan fingerprint density at radius 2 is 1.86 bits per heavy atom. The molecule has 1 heterocycles. The van der Waals surface area contributed by atoms with Gasteiger partial charge in [0.25, 0.3) is 0 Å². The molecule has 0 aromatic rings. The van der Waals surface area contributed by atoms with Gasteiger partial charge in [0.1, 0.15) is 5.60 Å². The van der Waals surface area contributed by atoms with Crippen LogP contribution in [-0.2, 0) is 14.3 Å². The molecule has 3 nitrogen and oxygen atoms in total. The molecule has 152 valence electrons. The van der Waals surface area contributed by atoms with Crippen molar-refractivity contribution in [3.05, 3.63) is 23.8 Å². The highest BCUT2D eigenvalue weighted by Gasteiger charge is 2.80. The van der Waals surface area contributed by atoms with Crippen molar-refractivity contribution in [3.8, 4) is 0 Å². The van der Waals surface area contributed by atoms with Crippen molar-refractivity contribution in [3.63, 3.8) is 0 Å². The van der Waals surface area contributed by atoms with Crippen LogP contribution in [0.1, 0.15) is 58.8 Å². The largest absolute Gasteiger partial charge is 0.458 e. The molecular formula is C26H30O3. The number of ether oxygens (including phenoxy) is 1. The van der Waals surface area contributed by atoms with E-state index in [1.54, 1.807) is 0 Å². The molecule has 7 aliphatic carbocycles. The zero-order valence-electron chi connectivity index (χ0n) is 17.4. The monoisotopic (exact) mass is 390 g/mol. The van der Waals surface area contributed by atoms with E-state index < -0.39 is 0 Å². The van der Waals surface area contributed by atoms with E-state index in [0.717, 1.165) is 18.8 Å². The summed E-state index contributed by atoms with van der Waals surface area (Å²) in [6.07, 6.45) is 14.9. The van der Waals surface area contributed by atoms with Gasteiger partial charge >= 0.3 is 5.97 Å². The number of hydrogen-bond acceptors (Lipinski definition) is 3. The second kappa shape index (κ2) is 4.32. The van der Waals surface area contributed by atoms with Gasteiger partial charge in [-0.15, -0.1) is 0 Å². The van der Waals surface area contributed by atoms with E-state index in [1.807, 2.05) is 0 Å². The molecule has 5 saturated carbocycles. The quantitative estimate of drug-likeness (QED) is 0.453. The van der Waals surface area contributed by atoms with Gasteiger partial charge in [-0.1, -0.05) is 31.6 Å². The van der Waals surface area contributed by atoms with E-state index in [4.69, 9.17) is 4.74 Å². The fraction of sp³-hybridized carbons (Fsp3) is 0.769. The number of carbonyl (C=O) groups is 2. The van der Waals surface area contributed by atoms with Gasteiger partial charge in [0.2, 0.25) is 0 Å². The fourth-order valence-corrected chi connectivity index (χ4v) is 10.2. The van der Waals surface area contributed by atoms with E-state index in [2.05, 4.69) is 32.1 Å². The molecule has 2 spiro atoms. The minimum Gasteiger partial charge on any atom is -0.458 e. The minimum atomic E-state index is -0.223. The predicted octanol–water partition coefficient (Wildman–Crippen LogP) is 4.47. The first kappa shape index (κ1) is 16.3. The normalized spacial score (nSPS) is 61.3. The average molecular weight is 391 g/mol. The van der Waals surface area contributed by atoms with Crippen LogP contribution < -0.4 is 0 Å². The van der Waals surface area contributed by atoms with Crippen LogP contribution in [0.4, 0.5) is 0 Å². The molecular weight excluding hydrogens is 360 g/mol. The lowest BCUT2D eigenvalue weighted by molar-refractivity contribution is -0.162. The topological polar surface area (TPSA) is 43.4 Å². The van der Waals surface area contributed by atoms with E-state index in [-0.39, 0.29) is 22.4 Å². The van der Waals surface area contributed by atoms with Crippen LogP contribution in [0.25, 0.3) is 0 Å². The van der Waals surface area contributed by atoms with Gasteiger partial charge in [0.05, 0.1) is 0 Å². The highest BCUT2D eigenvalue weighted by molar-refractivity contribution is 5.96. The molecule has 1 aliphatic heterocycles. The minimum absolute atomic E-state index is 0.00893. The van der Waals surface area contributed by atoms with Crippen molar-refractivity contribution in [2.45, 2.75) is 64.4 Å². The molecule has 6 fully saturated rings. The van der Waals surface area contributed by atoms with E-state index in [9.17, 15) is 9.59 Å². The number of ketones is 1. The molecule has 0 N–H and O–H groups in total. The third-order valence-corrected chi connectivity index (χ3v) is 11.6. The van der Waals surface area contributed by atoms with Crippen molar-refractivity contribution in [1.29, 1.82) is 0 Å². The van der Waals surface area contributed by atoms with Crippen LogP contribution >= 0.6 is 0 Å². The molecule has 0 aromatic carbocycles. The summed E-state index contributed by atoms with van der Waals surface area (Å²) in [5, 5.41) is 0. The van der Waals surface area contributed by atoms with Gasteiger partial charge < -0.3 is 4.74 Å². The Labute approximate surface area is 172 Å². The van der Waals surface area contributed by atoms with Crippen molar-refractivity contribution < 1.29 is 14.3 Å². The van der Waals surface area contributed by atoms with Crippen LogP contribution in [0.3, 0.4) is 0 Å². The molecule has 3 heteroatoms. The Morgan fingerprint density at radius 1 is 1.03 bits per heavy atom. The third kappa shape index (κ3) is 1.53. The average Bonchev–Trinajstić information content (AvgIpc) is 3.57. The van der Waals surface area contributed by atoms with E-state index in [1.165, 1.54) is 31.3 Å². The summed E-state index contributed by atoms with van der Waals surface area (Å²) < 4.78 is 6.21. The molecule has 8 aliphatic rings. The molecule has 8 rings (SSSR count). The van der Waals surface area contributed by atoms with Crippen molar-refractivity contribution in [1.82, 2.24) is 0 Å². The molecule has 1 saturated heterocycles. The first-order valence-corrected chi connectivity index (χ1v) is 12.0. The van der Waals surface area contributed by atoms with Crippen molar-refractivity contribution in [2.75, 3.05) is 0 Å². The van der Waals surface area contributed by atoms with Gasteiger partial charge in [-0.3, -0.25) is 9.59 Å². The summed E-state index contributed by atoms with van der Waals surface area (Å²) in [5.74, 6) is 4.58. The predicted molar refractivity (Wildman–Crippen MR) is 106 cm³/mol. The maximum absolute atomic E-state index is 12.7. The smallest absolute Gasteiger partial charge is 0.306 e. The van der Waals surface area contributed by atoms with Gasteiger partial charge in [-0.05, 0) is 85.0 Å². The molecule has 0 bridgehead atoms. The zero-order valence-corrected chi connectivity index (χ0v) is 17.4. The molecule has 29 heavy (non-hydrogen) atoms. The lowest BCUT2D eigenvalue weighted by atomic mass is 9.45. The highest BCUT2D eigenvalue weighted by atomic mass is 16.6. The van der Waals surface area contributed by atoms with Crippen molar-refractivity contribution >= 4 is 11.8 Å². The van der Waals surface area contributed by atoms with Gasteiger partial charge in [0, 0.05) is 23.7 Å². The number of allylic oxidation sites excluding steroid dienone is 3. The van der Waals surface area contributed by atoms with Gasteiger partial charge in [-0.25, -0.2) is 0 Å². The molecule has 0 aromatic heterocycles. The molecule has 0 amide bonds. The Kier molecular flexibility index (Phi) is 2.43. The maximum atomic E-state index is 12.7. The van der Waals surface area contributed by atoms with Crippen LogP contribution in [0, 0.1) is 57.7 Å². The number of carbonyl (C=O) groups excluding carboxylic acids is 2.